The molecule has 0 aliphatic heterocycles. The lowest BCUT2D eigenvalue weighted by atomic mass is 10.2. The van der Waals surface area contributed by atoms with Crippen LogP contribution in [0.15, 0.2) is 29.4 Å². The Balaban J connectivity index is 2.23. The smallest absolute Gasteiger partial charge is 0.407 e. The third kappa shape index (κ3) is 10.3. The zero-order valence-electron chi connectivity index (χ0n) is 17.4. The van der Waals surface area contributed by atoms with Crippen LogP contribution in [0.1, 0.15) is 26.5 Å². The number of guanidine groups is 1. The number of alkyl carbamates (subject to hydrolysis) is 1. The van der Waals surface area contributed by atoms with Crippen LogP contribution in [0.5, 0.6) is 0 Å². The van der Waals surface area contributed by atoms with Crippen LogP contribution < -0.4 is 16.0 Å². The van der Waals surface area contributed by atoms with Crippen molar-refractivity contribution in [2.24, 2.45) is 4.99 Å². The normalized spacial score (nSPS) is 11.5. The fourth-order valence-electron chi connectivity index (χ4n) is 2.13. The average Bonchev–Trinajstić information content (AvgIpc) is 2.64. The van der Waals surface area contributed by atoms with Crippen molar-refractivity contribution in [3.05, 3.63) is 30.1 Å². The van der Waals surface area contributed by atoms with Crippen LogP contribution in [-0.2, 0) is 16.0 Å². The molecule has 0 aliphatic rings. The molecule has 1 aromatic heterocycles. The van der Waals surface area contributed by atoms with E-state index in [1.54, 1.807) is 46.0 Å². The number of pyridine rings is 1. The van der Waals surface area contributed by atoms with Gasteiger partial charge < -0.3 is 25.6 Å². The molecule has 1 heterocycles. The molecule has 0 radical (unpaired) electrons. The maximum absolute atomic E-state index is 12.2. The summed E-state index contributed by atoms with van der Waals surface area (Å²) in [5, 5.41) is 8.64. The first-order chi connectivity index (χ1) is 13.2. The van der Waals surface area contributed by atoms with Crippen molar-refractivity contribution in [2.75, 3.05) is 40.3 Å². The van der Waals surface area contributed by atoms with Gasteiger partial charge in [0.25, 0.3) is 0 Å². The lowest BCUT2D eigenvalue weighted by Gasteiger charge is -2.20. The molecule has 0 aromatic carbocycles. The molecule has 0 saturated carbocycles. The molecule has 0 atom stereocenters. The van der Waals surface area contributed by atoms with Crippen molar-refractivity contribution >= 4 is 18.0 Å². The van der Waals surface area contributed by atoms with Gasteiger partial charge in [-0.2, -0.15) is 0 Å². The molecule has 1 rings (SSSR count). The van der Waals surface area contributed by atoms with Gasteiger partial charge in [-0.25, -0.2) is 4.79 Å². The second-order valence-electron chi connectivity index (χ2n) is 7.17. The highest BCUT2D eigenvalue weighted by Gasteiger charge is 2.15. The minimum atomic E-state index is -0.530. The Morgan fingerprint density at radius 1 is 1.18 bits per heavy atom. The molecule has 3 N–H and O–H groups in total. The van der Waals surface area contributed by atoms with E-state index in [-0.39, 0.29) is 12.5 Å². The quantitative estimate of drug-likeness (QED) is 0.343. The van der Waals surface area contributed by atoms with Gasteiger partial charge in [0.2, 0.25) is 5.91 Å². The van der Waals surface area contributed by atoms with E-state index in [1.807, 2.05) is 18.2 Å². The second-order valence-corrected chi connectivity index (χ2v) is 7.17. The monoisotopic (exact) mass is 392 g/mol. The van der Waals surface area contributed by atoms with Crippen LogP contribution in [0.25, 0.3) is 0 Å². The van der Waals surface area contributed by atoms with Crippen LogP contribution in [-0.4, -0.2) is 73.7 Å². The zero-order chi connectivity index (χ0) is 21.0. The van der Waals surface area contributed by atoms with E-state index in [2.05, 4.69) is 25.9 Å². The first-order valence-electron chi connectivity index (χ1n) is 9.26. The molecule has 0 unspecified atom stereocenters. The molecule has 0 aliphatic carbocycles. The summed E-state index contributed by atoms with van der Waals surface area (Å²) < 4.78 is 5.15. The number of aromatic nitrogens is 1. The van der Waals surface area contributed by atoms with Gasteiger partial charge in [0.15, 0.2) is 5.96 Å². The lowest BCUT2D eigenvalue weighted by molar-refractivity contribution is -0.128. The first kappa shape index (κ1) is 23.2. The highest BCUT2D eigenvalue weighted by atomic mass is 16.6. The van der Waals surface area contributed by atoms with Crippen LogP contribution >= 0.6 is 0 Å². The summed E-state index contributed by atoms with van der Waals surface area (Å²) in [6.45, 7) is 6.94. The summed E-state index contributed by atoms with van der Waals surface area (Å²) in [6, 6.07) is 5.73. The number of nitrogens with zero attached hydrogens (tertiary/aromatic N) is 3. The molecular weight excluding hydrogens is 360 g/mol. The van der Waals surface area contributed by atoms with E-state index in [9.17, 15) is 9.59 Å². The molecule has 9 heteroatoms. The number of ether oxygens (including phenoxy) is 1. The maximum atomic E-state index is 12.2. The summed E-state index contributed by atoms with van der Waals surface area (Å²) in [5.74, 6) is 0.434. The number of rotatable bonds is 8. The van der Waals surface area contributed by atoms with Crippen molar-refractivity contribution in [1.29, 1.82) is 0 Å². The average molecular weight is 393 g/mol. The molecule has 0 saturated heterocycles. The largest absolute Gasteiger partial charge is 0.444 e. The number of carbonyl (C=O) groups excluding carboxylic acids is 2. The number of carbonyl (C=O) groups is 2. The van der Waals surface area contributed by atoms with E-state index in [0.29, 0.717) is 32.0 Å². The summed E-state index contributed by atoms with van der Waals surface area (Å²) in [4.78, 5) is 33.7. The van der Waals surface area contributed by atoms with Crippen LogP contribution in [0.2, 0.25) is 0 Å². The molecule has 9 nitrogen and oxygen atoms in total. The minimum absolute atomic E-state index is 0.0502. The Morgan fingerprint density at radius 3 is 2.50 bits per heavy atom. The SMILES string of the molecule is CN=C(NCCNC(=O)OC(C)(C)C)NCC(=O)N(C)CCc1ccccn1. The van der Waals surface area contributed by atoms with Gasteiger partial charge in [-0.1, -0.05) is 6.07 Å². The molecule has 28 heavy (non-hydrogen) atoms. The van der Waals surface area contributed by atoms with E-state index >= 15 is 0 Å². The van der Waals surface area contributed by atoms with Gasteiger partial charge in [0.1, 0.15) is 5.60 Å². The summed E-state index contributed by atoms with van der Waals surface area (Å²) >= 11 is 0. The van der Waals surface area contributed by atoms with Crippen molar-refractivity contribution < 1.29 is 14.3 Å². The Morgan fingerprint density at radius 2 is 1.89 bits per heavy atom. The Bertz CT molecular complexity index is 643. The second kappa shape index (κ2) is 11.8. The summed E-state index contributed by atoms with van der Waals surface area (Å²) in [6.07, 6.45) is 1.97. The van der Waals surface area contributed by atoms with Gasteiger partial charge in [0.05, 0.1) is 6.54 Å². The van der Waals surface area contributed by atoms with E-state index in [1.165, 1.54) is 0 Å². The molecular formula is C19H32N6O3. The van der Waals surface area contributed by atoms with Crippen molar-refractivity contribution in [1.82, 2.24) is 25.8 Å². The van der Waals surface area contributed by atoms with Gasteiger partial charge >= 0.3 is 6.09 Å². The first-order valence-corrected chi connectivity index (χ1v) is 9.26. The number of aliphatic imine (C=N–C) groups is 1. The zero-order valence-corrected chi connectivity index (χ0v) is 17.4. The highest BCUT2D eigenvalue weighted by Crippen LogP contribution is 2.05. The van der Waals surface area contributed by atoms with Crippen LogP contribution in [0.4, 0.5) is 4.79 Å². The molecule has 0 spiro atoms. The van der Waals surface area contributed by atoms with Crippen molar-refractivity contribution in [3.63, 3.8) is 0 Å². The number of hydrogen-bond donors (Lipinski definition) is 3. The molecule has 1 aromatic rings. The molecule has 156 valence electrons. The van der Waals surface area contributed by atoms with E-state index < -0.39 is 11.7 Å². The molecule has 2 amide bonds. The third-order valence-corrected chi connectivity index (χ3v) is 3.57. The van der Waals surface area contributed by atoms with Gasteiger partial charge in [-0.05, 0) is 32.9 Å². The lowest BCUT2D eigenvalue weighted by Crippen LogP contribution is -2.46. The van der Waals surface area contributed by atoms with Gasteiger partial charge in [0, 0.05) is 52.0 Å². The van der Waals surface area contributed by atoms with Crippen molar-refractivity contribution in [3.8, 4) is 0 Å². The Labute approximate surface area is 167 Å². The number of amides is 2. The molecule has 0 bridgehead atoms. The Hall–Kier alpha value is -2.84. The van der Waals surface area contributed by atoms with Crippen molar-refractivity contribution in [2.45, 2.75) is 32.8 Å². The fraction of sp³-hybridized carbons (Fsp3) is 0.579. The standard InChI is InChI=1S/C19H32N6O3/c1-19(2,3)28-18(27)23-12-11-22-17(20-4)24-14-16(26)25(5)13-9-15-8-6-7-10-21-15/h6-8,10H,9,11-14H2,1-5H3,(H,23,27)(H2,20,22,24). The summed E-state index contributed by atoms with van der Waals surface area (Å²) in [5.41, 5.74) is 0.419. The van der Waals surface area contributed by atoms with Crippen LogP contribution in [0.3, 0.4) is 0 Å². The number of hydrogen-bond acceptors (Lipinski definition) is 5. The maximum Gasteiger partial charge on any atom is 0.407 e. The third-order valence-electron chi connectivity index (χ3n) is 3.57. The predicted molar refractivity (Wildman–Crippen MR) is 109 cm³/mol. The number of nitrogens with one attached hydrogen (secondary N) is 3. The topological polar surface area (TPSA) is 108 Å². The highest BCUT2D eigenvalue weighted by molar-refractivity contribution is 5.86. The van der Waals surface area contributed by atoms with Crippen LogP contribution in [0, 0.1) is 0 Å². The number of likely N-dealkylation sites (N-methyl/N-ethyl adjacent to an activating group) is 1. The van der Waals surface area contributed by atoms with Gasteiger partial charge in [-0.15, -0.1) is 0 Å². The minimum Gasteiger partial charge on any atom is -0.444 e. The van der Waals surface area contributed by atoms with E-state index in [0.717, 1.165) is 5.69 Å². The van der Waals surface area contributed by atoms with Gasteiger partial charge in [-0.3, -0.25) is 14.8 Å². The Kier molecular flexibility index (Phi) is 9.76. The fourth-order valence-corrected chi connectivity index (χ4v) is 2.13. The predicted octanol–water partition coefficient (Wildman–Crippen LogP) is 0.772. The molecule has 0 fully saturated rings. The van der Waals surface area contributed by atoms with E-state index in [4.69, 9.17) is 4.74 Å². The summed E-state index contributed by atoms with van der Waals surface area (Å²) in [7, 11) is 3.37.